The van der Waals surface area contributed by atoms with Crippen LogP contribution in [0.15, 0.2) is 24.3 Å². The molecular weight excluding hydrogens is 188 g/mol. The minimum atomic E-state index is -0.377. The van der Waals surface area contributed by atoms with Crippen molar-refractivity contribution in [1.29, 1.82) is 0 Å². The smallest absolute Gasteiger partial charge is 0.319 e. The monoisotopic (exact) mass is 206 g/mol. The van der Waals surface area contributed by atoms with Crippen molar-refractivity contribution in [2.45, 2.75) is 26.7 Å². The van der Waals surface area contributed by atoms with Crippen LogP contribution in [-0.4, -0.2) is 12.6 Å². The van der Waals surface area contributed by atoms with E-state index in [0.29, 0.717) is 6.54 Å². The number of unbranched alkanes of at least 4 members (excludes halogenated alkanes) is 1. The molecule has 0 aromatic heterocycles. The molecule has 1 rings (SSSR count). The molecule has 0 spiro atoms. The number of anilines is 1. The molecule has 0 aliphatic heterocycles. The van der Waals surface area contributed by atoms with Gasteiger partial charge in [-0.15, -0.1) is 0 Å². The SMILES string of the molecule is CCCCN(C(N)=O)c1ccccc1C. The lowest BCUT2D eigenvalue weighted by Crippen LogP contribution is -2.36. The largest absolute Gasteiger partial charge is 0.351 e. The molecule has 0 saturated heterocycles. The summed E-state index contributed by atoms with van der Waals surface area (Å²) in [5.41, 5.74) is 7.36. The molecule has 0 unspecified atom stereocenters. The Morgan fingerprint density at radius 2 is 2.07 bits per heavy atom. The number of urea groups is 1. The zero-order valence-electron chi connectivity index (χ0n) is 9.36. The number of aryl methyl sites for hydroxylation is 1. The van der Waals surface area contributed by atoms with Gasteiger partial charge in [-0.2, -0.15) is 0 Å². The molecule has 2 amide bonds. The van der Waals surface area contributed by atoms with Crippen molar-refractivity contribution in [1.82, 2.24) is 0 Å². The van der Waals surface area contributed by atoms with Gasteiger partial charge in [0.25, 0.3) is 0 Å². The Hall–Kier alpha value is -1.51. The maximum Gasteiger partial charge on any atom is 0.319 e. The number of nitrogens with zero attached hydrogens (tertiary/aromatic N) is 1. The van der Waals surface area contributed by atoms with Crippen LogP contribution in [0.1, 0.15) is 25.3 Å². The summed E-state index contributed by atoms with van der Waals surface area (Å²) < 4.78 is 0. The molecule has 0 atom stereocenters. The summed E-state index contributed by atoms with van der Waals surface area (Å²) in [6.45, 7) is 4.77. The molecule has 0 bridgehead atoms. The number of primary amides is 1. The van der Waals surface area contributed by atoms with Gasteiger partial charge in [0.2, 0.25) is 0 Å². The predicted molar refractivity (Wildman–Crippen MR) is 63.0 cm³/mol. The van der Waals surface area contributed by atoms with E-state index < -0.39 is 0 Å². The normalized spacial score (nSPS) is 10.0. The fourth-order valence-corrected chi connectivity index (χ4v) is 1.53. The Labute approximate surface area is 90.9 Å². The number of carbonyl (C=O) groups excluding carboxylic acids is 1. The highest BCUT2D eigenvalue weighted by molar-refractivity contribution is 5.91. The van der Waals surface area contributed by atoms with E-state index in [0.717, 1.165) is 24.1 Å². The summed E-state index contributed by atoms with van der Waals surface area (Å²) in [6.07, 6.45) is 2.02. The third-order valence-corrected chi connectivity index (χ3v) is 2.41. The molecule has 1 aromatic carbocycles. The van der Waals surface area contributed by atoms with Gasteiger partial charge in [-0.1, -0.05) is 31.5 Å². The summed E-state index contributed by atoms with van der Waals surface area (Å²) in [4.78, 5) is 12.9. The van der Waals surface area contributed by atoms with Gasteiger partial charge < -0.3 is 5.73 Å². The number of rotatable bonds is 4. The summed E-state index contributed by atoms with van der Waals surface area (Å²) in [5.74, 6) is 0. The Morgan fingerprint density at radius 1 is 1.40 bits per heavy atom. The number of para-hydroxylation sites is 1. The van der Waals surface area contributed by atoms with Crippen molar-refractivity contribution >= 4 is 11.7 Å². The zero-order valence-corrected chi connectivity index (χ0v) is 9.36. The van der Waals surface area contributed by atoms with Crippen LogP contribution < -0.4 is 10.6 Å². The first-order chi connectivity index (χ1) is 7.16. The molecule has 1 aromatic rings. The first-order valence-corrected chi connectivity index (χ1v) is 5.29. The lowest BCUT2D eigenvalue weighted by atomic mass is 10.2. The van der Waals surface area contributed by atoms with Gasteiger partial charge in [-0.05, 0) is 25.0 Å². The first kappa shape index (κ1) is 11.6. The number of carbonyl (C=O) groups is 1. The Morgan fingerprint density at radius 3 is 2.60 bits per heavy atom. The minimum absolute atomic E-state index is 0.377. The quantitative estimate of drug-likeness (QED) is 0.808. The average Bonchev–Trinajstić information content (AvgIpc) is 2.20. The van der Waals surface area contributed by atoms with Crippen LogP contribution in [0, 0.1) is 6.92 Å². The van der Waals surface area contributed by atoms with Crippen LogP contribution >= 0.6 is 0 Å². The van der Waals surface area contributed by atoms with E-state index in [1.54, 1.807) is 4.90 Å². The van der Waals surface area contributed by atoms with E-state index in [9.17, 15) is 4.79 Å². The van der Waals surface area contributed by atoms with Crippen molar-refractivity contribution in [2.75, 3.05) is 11.4 Å². The Kier molecular flexibility index (Phi) is 4.16. The predicted octanol–water partition coefficient (Wildman–Crippen LogP) is 2.68. The van der Waals surface area contributed by atoms with E-state index in [4.69, 9.17) is 5.73 Å². The lowest BCUT2D eigenvalue weighted by molar-refractivity contribution is 0.254. The number of nitrogens with two attached hydrogens (primary N) is 1. The van der Waals surface area contributed by atoms with Gasteiger partial charge in [-0.25, -0.2) is 4.79 Å². The highest BCUT2D eigenvalue weighted by Crippen LogP contribution is 2.19. The van der Waals surface area contributed by atoms with Crippen LogP contribution in [0.2, 0.25) is 0 Å². The van der Waals surface area contributed by atoms with E-state index in [2.05, 4.69) is 6.92 Å². The maximum atomic E-state index is 11.3. The second-order valence-electron chi connectivity index (χ2n) is 3.63. The minimum Gasteiger partial charge on any atom is -0.351 e. The van der Waals surface area contributed by atoms with Crippen LogP contribution in [0.25, 0.3) is 0 Å². The third kappa shape index (κ3) is 2.98. The number of hydrogen-bond acceptors (Lipinski definition) is 1. The summed E-state index contributed by atoms with van der Waals surface area (Å²) in [6, 6.07) is 7.41. The van der Waals surface area contributed by atoms with E-state index in [1.807, 2.05) is 31.2 Å². The molecule has 15 heavy (non-hydrogen) atoms. The van der Waals surface area contributed by atoms with Crippen LogP contribution in [-0.2, 0) is 0 Å². The third-order valence-electron chi connectivity index (χ3n) is 2.41. The van der Waals surface area contributed by atoms with E-state index in [1.165, 1.54) is 0 Å². The van der Waals surface area contributed by atoms with Gasteiger partial charge in [0.05, 0.1) is 0 Å². The Bertz CT molecular complexity index is 336. The Balaban J connectivity index is 2.89. The molecular formula is C12H18N2O. The summed E-state index contributed by atoms with van der Waals surface area (Å²) in [5, 5.41) is 0. The van der Waals surface area contributed by atoms with E-state index in [-0.39, 0.29) is 6.03 Å². The molecule has 0 heterocycles. The molecule has 2 N–H and O–H groups in total. The van der Waals surface area contributed by atoms with Crippen LogP contribution in [0.4, 0.5) is 10.5 Å². The van der Waals surface area contributed by atoms with Crippen molar-refractivity contribution in [3.05, 3.63) is 29.8 Å². The number of amides is 2. The molecule has 0 aliphatic carbocycles. The summed E-state index contributed by atoms with van der Waals surface area (Å²) >= 11 is 0. The summed E-state index contributed by atoms with van der Waals surface area (Å²) in [7, 11) is 0. The maximum absolute atomic E-state index is 11.3. The van der Waals surface area contributed by atoms with Gasteiger partial charge in [0, 0.05) is 12.2 Å². The highest BCUT2D eigenvalue weighted by atomic mass is 16.2. The molecule has 0 aliphatic rings. The van der Waals surface area contributed by atoms with Crippen molar-refractivity contribution < 1.29 is 4.79 Å². The fourth-order valence-electron chi connectivity index (χ4n) is 1.53. The highest BCUT2D eigenvalue weighted by Gasteiger charge is 2.12. The lowest BCUT2D eigenvalue weighted by Gasteiger charge is -2.22. The van der Waals surface area contributed by atoms with Crippen molar-refractivity contribution in [3.8, 4) is 0 Å². The van der Waals surface area contributed by atoms with Gasteiger partial charge in [0.1, 0.15) is 0 Å². The first-order valence-electron chi connectivity index (χ1n) is 5.29. The van der Waals surface area contributed by atoms with Gasteiger partial charge >= 0.3 is 6.03 Å². The molecule has 3 nitrogen and oxygen atoms in total. The topological polar surface area (TPSA) is 46.3 Å². The zero-order chi connectivity index (χ0) is 11.3. The van der Waals surface area contributed by atoms with Gasteiger partial charge in [0.15, 0.2) is 0 Å². The second kappa shape index (κ2) is 5.39. The molecule has 0 saturated carbocycles. The standard InChI is InChI=1S/C12H18N2O/c1-3-4-9-14(12(13)15)11-8-6-5-7-10(11)2/h5-8H,3-4,9H2,1-2H3,(H2,13,15). The van der Waals surface area contributed by atoms with Crippen LogP contribution in [0.5, 0.6) is 0 Å². The van der Waals surface area contributed by atoms with Crippen molar-refractivity contribution in [2.24, 2.45) is 5.73 Å². The number of benzene rings is 1. The van der Waals surface area contributed by atoms with Gasteiger partial charge in [-0.3, -0.25) is 4.90 Å². The molecule has 0 radical (unpaired) electrons. The van der Waals surface area contributed by atoms with E-state index >= 15 is 0 Å². The molecule has 3 heteroatoms. The molecule has 0 fully saturated rings. The van der Waals surface area contributed by atoms with Crippen molar-refractivity contribution in [3.63, 3.8) is 0 Å². The molecule has 82 valence electrons. The average molecular weight is 206 g/mol. The second-order valence-corrected chi connectivity index (χ2v) is 3.63. The fraction of sp³-hybridized carbons (Fsp3) is 0.417. The number of hydrogen-bond donors (Lipinski definition) is 1. The van der Waals surface area contributed by atoms with Crippen LogP contribution in [0.3, 0.4) is 0 Å².